The Morgan fingerprint density at radius 1 is 1.21 bits per heavy atom. The van der Waals surface area contributed by atoms with Gasteiger partial charge in [0.25, 0.3) is 0 Å². The summed E-state index contributed by atoms with van der Waals surface area (Å²) in [5, 5.41) is 7.89. The fourth-order valence-corrected chi connectivity index (χ4v) is 2.07. The first-order valence-corrected chi connectivity index (χ1v) is 5.95. The Morgan fingerprint density at radius 3 is 2.50 bits per heavy atom. The smallest absolute Gasteiger partial charge is 0.0960 e. The van der Waals surface area contributed by atoms with Crippen LogP contribution in [0.15, 0.2) is 0 Å². The van der Waals surface area contributed by atoms with E-state index in [2.05, 4.69) is 25.7 Å². The van der Waals surface area contributed by atoms with Crippen LogP contribution in [0.4, 0.5) is 0 Å². The lowest BCUT2D eigenvalue weighted by Gasteiger charge is -2.35. The van der Waals surface area contributed by atoms with Crippen molar-refractivity contribution in [1.29, 1.82) is 5.41 Å². The van der Waals surface area contributed by atoms with Crippen molar-refractivity contribution < 1.29 is 0 Å². The summed E-state index contributed by atoms with van der Waals surface area (Å²) in [7, 11) is 0. The van der Waals surface area contributed by atoms with Crippen LogP contribution in [0, 0.1) is 11.3 Å². The molecule has 1 atom stereocenters. The fourth-order valence-electron chi connectivity index (χ4n) is 2.07. The first-order valence-electron chi connectivity index (χ1n) is 5.95. The van der Waals surface area contributed by atoms with Gasteiger partial charge in [0.1, 0.15) is 0 Å². The van der Waals surface area contributed by atoms with Crippen LogP contribution in [0.1, 0.15) is 52.9 Å². The highest BCUT2D eigenvalue weighted by molar-refractivity contribution is 5.80. The molecular formula is C12H24N2. The van der Waals surface area contributed by atoms with Gasteiger partial charge in [-0.2, -0.15) is 0 Å². The molecule has 0 aromatic rings. The molecule has 2 heteroatoms. The van der Waals surface area contributed by atoms with Crippen molar-refractivity contribution >= 4 is 5.84 Å². The predicted octanol–water partition coefficient (Wildman–Crippen LogP) is 3.27. The molecular weight excluding hydrogens is 172 g/mol. The topological polar surface area (TPSA) is 27.1 Å². The minimum absolute atomic E-state index is 0.574. The van der Waals surface area contributed by atoms with E-state index in [0.29, 0.717) is 6.04 Å². The summed E-state index contributed by atoms with van der Waals surface area (Å²) in [5.41, 5.74) is 0. The van der Waals surface area contributed by atoms with E-state index >= 15 is 0 Å². The number of amidine groups is 1. The van der Waals surface area contributed by atoms with E-state index < -0.39 is 0 Å². The normalized spacial score (nSPS) is 20.3. The summed E-state index contributed by atoms with van der Waals surface area (Å²) in [6.07, 6.45) is 6.00. The maximum absolute atomic E-state index is 7.89. The highest BCUT2D eigenvalue weighted by Crippen LogP contribution is 2.18. The van der Waals surface area contributed by atoms with Crippen LogP contribution in [0.25, 0.3) is 0 Å². The third kappa shape index (κ3) is 3.32. The van der Waals surface area contributed by atoms with Gasteiger partial charge >= 0.3 is 0 Å². The van der Waals surface area contributed by atoms with E-state index in [1.54, 1.807) is 0 Å². The molecule has 1 unspecified atom stereocenters. The zero-order valence-corrected chi connectivity index (χ0v) is 9.84. The fraction of sp³-hybridized carbons (Fsp3) is 0.917. The molecule has 0 aliphatic carbocycles. The van der Waals surface area contributed by atoms with Crippen molar-refractivity contribution in [2.45, 2.75) is 58.9 Å². The number of rotatable bonds is 4. The lowest BCUT2D eigenvalue weighted by molar-refractivity contribution is 0.270. The van der Waals surface area contributed by atoms with Crippen LogP contribution < -0.4 is 0 Å². The molecule has 0 saturated carbocycles. The second-order valence-corrected chi connectivity index (χ2v) is 4.92. The van der Waals surface area contributed by atoms with Crippen LogP contribution in [0.2, 0.25) is 0 Å². The Kier molecular flexibility index (Phi) is 4.43. The Balaban J connectivity index is 2.34. The summed E-state index contributed by atoms with van der Waals surface area (Å²) in [5.74, 6) is 1.66. The van der Waals surface area contributed by atoms with Gasteiger partial charge in [0, 0.05) is 19.0 Å². The molecule has 1 heterocycles. The standard InChI is InChI=1S/C12H24N2/c1-10(2)7-8-11(3)14-9-5-4-6-12(14)13/h10-11,13H,4-9H2,1-3H3. The highest BCUT2D eigenvalue weighted by Gasteiger charge is 2.19. The summed E-state index contributed by atoms with van der Waals surface area (Å²) in [6, 6.07) is 0.574. The van der Waals surface area contributed by atoms with Crippen LogP contribution in [-0.4, -0.2) is 23.3 Å². The maximum atomic E-state index is 7.89. The molecule has 14 heavy (non-hydrogen) atoms. The van der Waals surface area contributed by atoms with Gasteiger partial charge in [-0.05, 0) is 38.5 Å². The van der Waals surface area contributed by atoms with Gasteiger partial charge in [-0.3, -0.25) is 5.41 Å². The monoisotopic (exact) mass is 196 g/mol. The molecule has 0 aromatic carbocycles. The van der Waals surface area contributed by atoms with Gasteiger partial charge in [-0.25, -0.2) is 0 Å². The summed E-state index contributed by atoms with van der Waals surface area (Å²) < 4.78 is 0. The lowest BCUT2D eigenvalue weighted by Crippen LogP contribution is -2.41. The zero-order valence-electron chi connectivity index (χ0n) is 9.84. The number of likely N-dealkylation sites (tertiary alicyclic amines) is 1. The van der Waals surface area contributed by atoms with Gasteiger partial charge in [0.15, 0.2) is 0 Å². The number of piperidine rings is 1. The second kappa shape index (κ2) is 5.38. The Labute approximate surface area is 88.2 Å². The zero-order chi connectivity index (χ0) is 10.6. The van der Waals surface area contributed by atoms with Crippen LogP contribution in [-0.2, 0) is 0 Å². The van der Waals surface area contributed by atoms with E-state index in [1.807, 2.05) is 0 Å². The molecule has 1 fully saturated rings. The third-order valence-electron chi connectivity index (χ3n) is 3.10. The molecule has 0 spiro atoms. The molecule has 0 amide bonds. The van der Waals surface area contributed by atoms with Gasteiger partial charge in [0.2, 0.25) is 0 Å². The van der Waals surface area contributed by atoms with E-state index in [1.165, 1.54) is 25.7 Å². The van der Waals surface area contributed by atoms with Crippen LogP contribution in [0.5, 0.6) is 0 Å². The van der Waals surface area contributed by atoms with Gasteiger partial charge < -0.3 is 4.90 Å². The van der Waals surface area contributed by atoms with E-state index in [-0.39, 0.29) is 0 Å². The van der Waals surface area contributed by atoms with Crippen LogP contribution in [0.3, 0.4) is 0 Å². The van der Waals surface area contributed by atoms with Gasteiger partial charge in [0.05, 0.1) is 5.84 Å². The third-order valence-corrected chi connectivity index (χ3v) is 3.10. The lowest BCUT2D eigenvalue weighted by atomic mass is 10.0. The molecule has 1 aliphatic rings. The first-order chi connectivity index (χ1) is 6.61. The minimum Gasteiger partial charge on any atom is -0.358 e. The average molecular weight is 196 g/mol. The molecule has 82 valence electrons. The average Bonchev–Trinajstić information content (AvgIpc) is 2.15. The maximum Gasteiger partial charge on any atom is 0.0960 e. The quantitative estimate of drug-likeness (QED) is 0.734. The second-order valence-electron chi connectivity index (χ2n) is 4.92. The molecule has 0 bridgehead atoms. The molecule has 1 rings (SSSR count). The summed E-state index contributed by atoms with van der Waals surface area (Å²) >= 11 is 0. The van der Waals surface area contributed by atoms with Crippen molar-refractivity contribution in [2.75, 3.05) is 6.54 Å². The number of hydrogen-bond donors (Lipinski definition) is 1. The largest absolute Gasteiger partial charge is 0.358 e. The van der Waals surface area contributed by atoms with Crippen molar-refractivity contribution in [3.63, 3.8) is 0 Å². The Morgan fingerprint density at radius 2 is 1.93 bits per heavy atom. The van der Waals surface area contributed by atoms with Crippen LogP contribution >= 0.6 is 0 Å². The predicted molar refractivity (Wildman–Crippen MR) is 61.8 cm³/mol. The van der Waals surface area contributed by atoms with Crippen molar-refractivity contribution in [3.05, 3.63) is 0 Å². The van der Waals surface area contributed by atoms with E-state index in [9.17, 15) is 0 Å². The molecule has 0 radical (unpaired) electrons. The Hall–Kier alpha value is -0.530. The number of nitrogens with zero attached hydrogens (tertiary/aromatic N) is 1. The van der Waals surface area contributed by atoms with E-state index in [0.717, 1.165) is 24.7 Å². The molecule has 2 nitrogen and oxygen atoms in total. The molecule has 1 aliphatic heterocycles. The summed E-state index contributed by atoms with van der Waals surface area (Å²) in [6.45, 7) is 7.92. The van der Waals surface area contributed by atoms with Crippen molar-refractivity contribution in [3.8, 4) is 0 Å². The Bertz CT molecular complexity index is 187. The van der Waals surface area contributed by atoms with E-state index in [4.69, 9.17) is 5.41 Å². The SMILES string of the molecule is CC(C)CCC(C)N1CCCCC1=N. The summed E-state index contributed by atoms with van der Waals surface area (Å²) in [4.78, 5) is 2.30. The van der Waals surface area contributed by atoms with Crippen molar-refractivity contribution in [2.24, 2.45) is 5.92 Å². The number of hydrogen-bond acceptors (Lipinski definition) is 1. The molecule has 1 N–H and O–H groups in total. The van der Waals surface area contributed by atoms with Gasteiger partial charge in [-0.1, -0.05) is 13.8 Å². The molecule has 1 saturated heterocycles. The highest BCUT2D eigenvalue weighted by atomic mass is 15.2. The first kappa shape index (κ1) is 11.5. The number of nitrogens with one attached hydrogen (secondary N) is 1. The van der Waals surface area contributed by atoms with Crippen molar-refractivity contribution in [1.82, 2.24) is 4.90 Å². The van der Waals surface area contributed by atoms with Gasteiger partial charge in [-0.15, -0.1) is 0 Å². The molecule has 0 aromatic heterocycles. The minimum atomic E-state index is 0.574.